The third-order valence-electron chi connectivity index (χ3n) is 11.9. The molecule has 6 heterocycles. The van der Waals surface area contributed by atoms with E-state index in [2.05, 4.69) is 24.9 Å². The van der Waals surface area contributed by atoms with Crippen LogP contribution in [0.25, 0.3) is 28.1 Å². The SMILES string of the molecule is Fc1c(F)c(F)c(/C2=C3\C=CC(=N3)/C(c3c(F)c(F)c(F)c(F)c3F)=c3/cc/c([nH]3)=C(\c3c(F)c(F)c(F)c(F)c3F)c3cc[nH]c3-c3[nH]ccc3C(c3c(F)c(F)c(F)c(F)c3F)c3ccc2[nH]3)c(F)c1F. The van der Waals surface area contributed by atoms with Crippen LogP contribution in [-0.2, 0) is 0 Å². The van der Waals surface area contributed by atoms with E-state index >= 15 is 70.2 Å². The maximum Gasteiger partial charge on any atom is 0.200 e. The minimum absolute atomic E-state index is 0.581. The predicted molar refractivity (Wildman–Crippen MR) is 214 cm³/mol. The molecule has 0 saturated carbocycles. The van der Waals surface area contributed by atoms with Crippen molar-refractivity contribution in [3.63, 3.8) is 0 Å². The van der Waals surface area contributed by atoms with E-state index in [1.165, 1.54) is 0 Å². The van der Waals surface area contributed by atoms with Gasteiger partial charge in [0.15, 0.2) is 93.1 Å². The number of aromatic nitrogens is 4. The molecule has 8 aromatic rings. The highest BCUT2D eigenvalue weighted by Crippen LogP contribution is 2.45. The van der Waals surface area contributed by atoms with Crippen molar-refractivity contribution in [1.82, 2.24) is 19.9 Å². The zero-order valence-corrected chi connectivity index (χ0v) is 34.9. The first kappa shape index (κ1) is 48.1. The van der Waals surface area contributed by atoms with Gasteiger partial charge in [-0.15, -0.1) is 0 Å². The van der Waals surface area contributed by atoms with Gasteiger partial charge in [0.2, 0.25) is 23.3 Å². The van der Waals surface area contributed by atoms with Crippen LogP contribution in [-0.4, -0.2) is 25.6 Å². The Hall–Kier alpha value is -8.51. The van der Waals surface area contributed by atoms with Crippen molar-refractivity contribution in [3.8, 4) is 11.4 Å². The van der Waals surface area contributed by atoms with Gasteiger partial charge in [0.25, 0.3) is 0 Å². The number of halogens is 20. The number of rotatable bonds is 4. The number of hydrogen-bond donors (Lipinski definition) is 4. The van der Waals surface area contributed by atoms with Crippen molar-refractivity contribution in [2.75, 3.05) is 0 Å². The topological polar surface area (TPSA) is 75.5 Å². The van der Waals surface area contributed by atoms with Crippen molar-refractivity contribution < 1.29 is 87.8 Å². The Morgan fingerprint density at radius 1 is 0.356 bits per heavy atom. The minimum atomic E-state index is -2.72. The maximum absolute atomic E-state index is 16.2. The van der Waals surface area contributed by atoms with Crippen LogP contribution in [0.5, 0.6) is 0 Å². The summed E-state index contributed by atoms with van der Waals surface area (Å²) in [5, 5.41) is -1.76. The summed E-state index contributed by atoms with van der Waals surface area (Å²) in [6, 6.07) is 4.62. The monoisotopic (exact) mass is 1040 g/mol. The fourth-order valence-corrected chi connectivity index (χ4v) is 8.72. The summed E-state index contributed by atoms with van der Waals surface area (Å²) in [7, 11) is 0. The molecular weight excluding hydrogens is 1030 g/mol. The third-order valence-corrected chi connectivity index (χ3v) is 11.9. The zero-order valence-electron chi connectivity index (χ0n) is 34.9. The maximum atomic E-state index is 16.2. The van der Waals surface area contributed by atoms with Crippen molar-refractivity contribution in [3.05, 3.63) is 238 Å². The lowest BCUT2D eigenvalue weighted by Gasteiger charge is -2.21. The van der Waals surface area contributed by atoms with Crippen LogP contribution in [0.4, 0.5) is 87.8 Å². The first-order chi connectivity index (χ1) is 34.6. The Morgan fingerprint density at radius 2 is 0.767 bits per heavy atom. The molecule has 1 atom stereocenters. The molecule has 4 N–H and O–H groups in total. The molecule has 0 amide bonds. The molecule has 0 radical (unpaired) electrons. The van der Waals surface area contributed by atoms with Gasteiger partial charge in [0.05, 0.1) is 45.4 Å². The lowest BCUT2D eigenvalue weighted by atomic mass is 9.85. The Kier molecular flexibility index (Phi) is 11.3. The Morgan fingerprint density at radius 3 is 1.27 bits per heavy atom. The summed E-state index contributed by atoms with van der Waals surface area (Å²) in [4.78, 5) is 13.8. The lowest BCUT2D eigenvalue weighted by Crippen LogP contribution is -2.23. The van der Waals surface area contributed by atoms with E-state index in [1.54, 1.807) is 0 Å². The van der Waals surface area contributed by atoms with Gasteiger partial charge in [-0.05, 0) is 54.1 Å². The molecule has 372 valence electrons. The molecule has 2 aliphatic heterocycles. The van der Waals surface area contributed by atoms with E-state index in [9.17, 15) is 17.6 Å². The standard InChI is InChI=1S/C48H15F20N5/c49-27-23(28(50)36(58)43(65)35(27)57)19-11-7-9-69-47(11)48-12(8-10-70-48)20(24-29(51)37(59)44(66)38(60)30(24)52)14-2-4-16(72-14)22(26-33(55)41(63)46(68)42(64)34(26)56)18-6-5-17(73-18)21(15-3-1-13(19)71-15)25-31(53)39(61)45(67)40(62)32(25)54/h1-10,19,69-72H/b20-14+,21-17+,22-16+. The smallest absolute Gasteiger partial charge is 0.200 e. The Bertz CT molecular complexity index is 3880. The zero-order chi connectivity index (χ0) is 52.5. The van der Waals surface area contributed by atoms with Crippen molar-refractivity contribution >= 4 is 22.4 Å². The van der Waals surface area contributed by atoms with E-state index in [0.717, 1.165) is 30.6 Å². The van der Waals surface area contributed by atoms with Crippen LogP contribution in [0.2, 0.25) is 0 Å². The highest BCUT2D eigenvalue weighted by molar-refractivity contribution is 6.30. The summed E-state index contributed by atoms with van der Waals surface area (Å²) in [6.45, 7) is 0. The molecule has 73 heavy (non-hydrogen) atoms. The van der Waals surface area contributed by atoms with Crippen molar-refractivity contribution in [2.45, 2.75) is 5.92 Å². The molecule has 0 spiro atoms. The fourth-order valence-electron chi connectivity index (χ4n) is 8.72. The molecule has 25 heteroatoms. The van der Waals surface area contributed by atoms with Gasteiger partial charge in [-0.1, -0.05) is 0 Å². The Labute approximate surface area is 390 Å². The van der Waals surface area contributed by atoms with Gasteiger partial charge < -0.3 is 19.9 Å². The average molecular weight is 1040 g/mol. The average Bonchev–Trinajstić information content (AvgIpc) is 4.26. The number of H-pyrrole nitrogens is 4. The molecular formula is C48H15F20N5. The predicted octanol–water partition coefficient (Wildman–Crippen LogP) is 11.9. The van der Waals surface area contributed by atoms with Crippen LogP contribution in [0.15, 0.2) is 71.6 Å². The van der Waals surface area contributed by atoms with Crippen molar-refractivity contribution in [1.29, 1.82) is 0 Å². The van der Waals surface area contributed by atoms with Crippen LogP contribution in [0, 0.1) is 116 Å². The quantitative estimate of drug-likeness (QED) is 0.0770. The number of hydrogen-bond acceptors (Lipinski definition) is 1. The van der Waals surface area contributed by atoms with Crippen LogP contribution >= 0.6 is 0 Å². The van der Waals surface area contributed by atoms with Gasteiger partial charge in [-0.3, -0.25) is 0 Å². The number of allylic oxidation sites excluding steroid dienone is 2. The van der Waals surface area contributed by atoms with Crippen LogP contribution in [0.3, 0.4) is 0 Å². The highest BCUT2D eigenvalue weighted by Gasteiger charge is 2.39. The summed E-state index contributed by atoms with van der Waals surface area (Å²) in [5.74, 6) is -54.5. The first-order valence-electron chi connectivity index (χ1n) is 20.1. The Balaban J connectivity index is 1.45. The van der Waals surface area contributed by atoms with E-state index in [0.29, 0.717) is 30.4 Å². The molecule has 0 fully saturated rings. The van der Waals surface area contributed by atoms with Gasteiger partial charge in [-0.25, -0.2) is 92.8 Å². The normalized spacial score (nSPS) is 17.1. The number of nitrogens with one attached hydrogen (secondary N) is 4. The number of aliphatic imine (C=N–C) groups is 1. The third kappa shape index (κ3) is 6.90. The van der Waals surface area contributed by atoms with Gasteiger partial charge in [-0.2, -0.15) is 0 Å². The van der Waals surface area contributed by atoms with Crippen LogP contribution in [0.1, 0.15) is 50.7 Å². The molecule has 6 bridgehead atoms. The first-order valence-corrected chi connectivity index (χ1v) is 20.1. The fraction of sp³-hybridized carbons (Fsp3) is 0.0208. The van der Waals surface area contributed by atoms with Gasteiger partial charge in [0, 0.05) is 62.3 Å². The molecule has 0 aliphatic carbocycles. The number of fused-ring (bicyclic) bond motifs is 8. The van der Waals surface area contributed by atoms with Crippen LogP contribution < -0.4 is 10.7 Å². The van der Waals surface area contributed by atoms with Gasteiger partial charge in [0.1, 0.15) is 0 Å². The van der Waals surface area contributed by atoms with Crippen molar-refractivity contribution in [2.24, 2.45) is 4.99 Å². The van der Waals surface area contributed by atoms with E-state index in [4.69, 9.17) is 0 Å². The molecule has 10 rings (SSSR count). The lowest BCUT2D eigenvalue weighted by molar-refractivity contribution is 0.369. The second-order valence-corrected chi connectivity index (χ2v) is 15.8. The van der Waals surface area contributed by atoms with E-state index in [-0.39, 0.29) is 0 Å². The second kappa shape index (κ2) is 17.1. The molecule has 2 aliphatic rings. The second-order valence-electron chi connectivity index (χ2n) is 15.8. The molecule has 1 unspecified atom stereocenters. The molecule has 0 saturated heterocycles. The minimum Gasteiger partial charge on any atom is -0.360 e. The summed E-state index contributed by atoms with van der Waals surface area (Å²) in [5.41, 5.74) is -17.1. The van der Waals surface area contributed by atoms with E-state index in [1.807, 2.05) is 0 Å². The molecule has 4 aromatic heterocycles. The number of benzene rings is 4. The molecule has 5 nitrogen and oxygen atoms in total. The van der Waals surface area contributed by atoms with Gasteiger partial charge >= 0.3 is 0 Å². The number of nitrogens with zero attached hydrogens (tertiary/aromatic N) is 1. The summed E-state index contributed by atoms with van der Waals surface area (Å²) < 4.78 is 308. The summed E-state index contributed by atoms with van der Waals surface area (Å²) >= 11 is 0. The number of aromatic amines is 4. The summed E-state index contributed by atoms with van der Waals surface area (Å²) in [6.07, 6.45) is 3.10. The largest absolute Gasteiger partial charge is 0.360 e. The van der Waals surface area contributed by atoms with E-state index < -0.39 is 217 Å². The highest BCUT2D eigenvalue weighted by atomic mass is 19.2. The molecule has 4 aromatic carbocycles.